The van der Waals surface area contributed by atoms with Crippen molar-refractivity contribution >= 4 is 21.6 Å². The minimum absolute atomic E-state index is 0.115. The Bertz CT molecular complexity index is 818. The molecular weight excluding hydrogens is 312 g/mol. The quantitative estimate of drug-likeness (QED) is 0.904. The lowest BCUT2D eigenvalue weighted by atomic mass is 10.1. The van der Waals surface area contributed by atoms with Gasteiger partial charge in [-0.25, -0.2) is 8.42 Å². The van der Waals surface area contributed by atoms with Crippen molar-refractivity contribution < 1.29 is 13.2 Å². The summed E-state index contributed by atoms with van der Waals surface area (Å²) < 4.78 is 27.7. The molecule has 6 heteroatoms. The average Bonchev–Trinajstić information content (AvgIpc) is 2.50. The van der Waals surface area contributed by atoms with Crippen molar-refractivity contribution in [2.24, 2.45) is 0 Å². The first-order valence-electron chi connectivity index (χ1n) is 7.17. The van der Waals surface area contributed by atoms with E-state index in [0.29, 0.717) is 11.3 Å². The number of amides is 1. The number of rotatable bonds is 4. The fourth-order valence-corrected chi connectivity index (χ4v) is 3.67. The lowest BCUT2D eigenvalue weighted by Crippen LogP contribution is -2.18. The van der Waals surface area contributed by atoms with Crippen LogP contribution in [0.5, 0.6) is 0 Å². The van der Waals surface area contributed by atoms with E-state index >= 15 is 0 Å². The number of carbonyl (C=O) groups excluding carboxylic acids is 1. The monoisotopic (exact) mass is 332 g/mol. The number of hydrogen-bond donors (Lipinski definition) is 2. The lowest BCUT2D eigenvalue weighted by molar-refractivity contribution is 0.0963. The molecule has 0 aliphatic heterocycles. The number of aryl methyl sites for hydroxylation is 3. The molecule has 23 heavy (non-hydrogen) atoms. The molecule has 0 heterocycles. The maximum atomic E-state index is 12.5. The van der Waals surface area contributed by atoms with Gasteiger partial charge in [-0.1, -0.05) is 17.7 Å². The Morgan fingerprint density at radius 2 is 1.48 bits per heavy atom. The van der Waals surface area contributed by atoms with Crippen LogP contribution in [0.15, 0.2) is 41.3 Å². The zero-order chi connectivity index (χ0) is 17.2. The topological polar surface area (TPSA) is 75.3 Å². The molecule has 0 aliphatic carbocycles. The molecule has 2 aromatic rings. The smallest absolute Gasteiger partial charge is 0.261 e. The first kappa shape index (κ1) is 17.0. The molecule has 122 valence electrons. The zero-order valence-corrected chi connectivity index (χ0v) is 14.4. The molecule has 0 unspecified atom stereocenters. The number of carbonyl (C=O) groups is 1. The molecule has 0 bridgehead atoms. The van der Waals surface area contributed by atoms with Crippen LogP contribution >= 0.6 is 0 Å². The summed E-state index contributed by atoms with van der Waals surface area (Å²) in [5, 5.41) is 2.50. The molecule has 0 aliphatic rings. The van der Waals surface area contributed by atoms with E-state index in [4.69, 9.17) is 0 Å². The van der Waals surface area contributed by atoms with Gasteiger partial charge in [0.05, 0.1) is 10.6 Å². The highest BCUT2D eigenvalue weighted by Crippen LogP contribution is 2.25. The predicted molar refractivity (Wildman–Crippen MR) is 91.3 cm³/mol. The number of nitrogens with one attached hydrogen (secondary N) is 2. The molecule has 2 N–H and O–H groups in total. The lowest BCUT2D eigenvalue weighted by Gasteiger charge is -2.14. The van der Waals surface area contributed by atoms with E-state index in [2.05, 4.69) is 10.0 Å². The van der Waals surface area contributed by atoms with Crippen LogP contribution in [0.1, 0.15) is 27.0 Å². The molecule has 2 aromatic carbocycles. The van der Waals surface area contributed by atoms with Gasteiger partial charge < -0.3 is 5.32 Å². The standard InChI is InChI=1S/C17H20N2O3S/c1-11-9-12(2)16(13(3)10-11)19-23(21,22)15-7-5-14(6-8-15)17(20)18-4/h5-10,19H,1-4H3,(H,18,20). The van der Waals surface area contributed by atoms with Crippen molar-refractivity contribution in [1.29, 1.82) is 0 Å². The predicted octanol–water partition coefficient (Wildman–Crippen LogP) is 2.77. The van der Waals surface area contributed by atoms with E-state index in [1.807, 2.05) is 32.9 Å². The molecule has 0 atom stereocenters. The Hall–Kier alpha value is -2.34. The molecule has 1 amide bonds. The van der Waals surface area contributed by atoms with Gasteiger partial charge >= 0.3 is 0 Å². The molecule has 0 spiro atoms. The molecule has 5 nitrogen and oxygen atoms in total. The first-order valence-corrected chi connectivity index (χ1v) is 8.65. The van der Waals surface area contributed by atoms with Gasteiger partial charge in [-0.15, -0.1) is 0 Å². The SMILES string of the molecule is CNC(=O)c1ccc(S(=O)(=O)Nc2c(C)cc(C)cc2C)cc1. The van der Waals surface area contributed by atoms with Crippen molar-refractivity contribution in [1.82, 2.24) is 5.32 Å². The van der Waals surface area contributed by atoms with Gasteiger partial charge in [0, 0.05) is 12.6 Å². The van der Waals surface area contributed by atoms with Gasteiger partial charge in [0.2, 0.25) is 0 Å². The van der Waals surface area contributed by atoms with Crippen molar-refractivity contribution in [3.05, 3.63) is 58.7 Å². The highest BCUT2D eigenvalue weighted by molar-refractivity contribution is 7.92. The Morgan fingerprint density at radius 1 is 0.957 bits per heavy atom. The van der Waals surface area contributed by atoms with E-state index in [9.17, 15) is 13.2 Å². The minimum atomic E-state index is -3.70. The van der Waals surface area contributed by atoms with Crippen LogP contribution in [0.25, 0.3) is 0 Å². The van der Waals surface area contributed by atoms with E-state index in [0.717, 1.165) is 16.7 Å². The van der Waals surface area contributed by atoms with E-state index in [1.165, 1.54) is 31.3 Å². The van der Waals surface area contributed by atoms with Crippen LogP contribution in [0, 0.1) is 20.8 Å². The van der Waals surface area contributed by atoms with E-state index < -0.39 is 10.0 Å². The molecule has 0 radical (unpaired) electrons. The molecule has 2 rings (SSSR count). The van der Waals surface area contributed by atoms with Crippen LogP contribution in [0.3, 0.4) is 0 Å². The Morgan fingerprint density at radius 3 is 1.96 bits per heavy atom. The van der Waals surface area contributed by atoms with Gasteiger partial charge in [-0.2, -0.15) is 0 Å². The highest BCUT2D eigenvalue weighted by atomic mass is 32.2. The van der Waals surface area contributed by atoms with Gasteiger partial charge in [0.1, 0.15) is 0 Å². The van der Waals surface area contributed by atoms with Crippen molar-refractivity contribution in [3.8, 4) is 0 Å². The summed E-state index contributed by atoms with van der Waals surface area (Å²) in [4.78, 5) is 11.6. The fourth-order valence-electron chi connectivity index (χ4n) is 2.46. The normalized spacial score (nSPS) is 11.1. The van der Waals surface area contributed by atoms with Crippen molar-refractivity contribution in [2.75, 3.05) is 11.8 Å². The Kier molecular flexibility index (Phi) is 4.75. The van der Waals surface area contributed by atoms with Crippen molar-refractivity contribution in [2.45, 2.75) is 25.7 Å². The van der Waals surface area contributed by atoms with E-state index in [1.54, 1.807) is 0 Å². The molecule has 0 aromatic heterocycles. The van der Waals surface area contributed by atoms with Gasteiger partial charge in [-0.05, 0) is 56.2 Å². The summed E-state index contributed by atoms with van der Waals surface area (Å²) in [6.07, 6.45) is 0. The van der Waals surface area contributed by atoms with Crippen LogP contribution in [-0.4, -0.2) is 21.4 Å². The first-order chi connectivity index (χ1) is 10.7. The molecular formula is C17H20N2O3S. The second kappa shape index (κ2) is 6.42. The maximum absolute atomic E-state index is 12.5. The third kappa shape index (κ3) is 3.71. The number of benzene rings is 2. The summed E-state index contributed by atoms with van der Waals surface area (Å²) >= 11 is 0. The second-order valence-corrected chi connectivity index (χ2v) is 7.17. The van der Waals surface area contributed by atoms with Gasteiger partial charge in [-0.3, -0.25) is 9.52 Å². The van der Waals surface area contributed by atoms with Crippen LogP contribution in [-0.2, 0) is 10.0 Å². The number of hydrogen-bond acceptors (Lipinski definition) is 3. The number of anilines is 1. The summed E-state index contributed by atoms with van der Waals surface area (Å²) in [5.74, 6) is -0.257. The second-order valence-electron chi connectivity index (χ2n) is 5.48. The average molecular weight is 332 g/mol. The summed E-state index contributed by atoms with van der Waals surface area (Å²) in [6, 6.07) is 9.68. The highest BCUT2D eigenvalue weighted by Gasteiger charge is 2.17. The van der Waals surface area contributed by atoms with E-state index in [-0.39, 0.29) is 10.8 Å². The summed E-state index contributed by atoms with van der Waals surface area (Å²) in [6.45, 7) is 5.70. The third-order valence-corrected chi connectivity index (χ3v) is 4.93. The van der Waals surface area contributed by atoms with Gasteiger partial charge in [0.15, 0.2) is 0 Å². The Balaban J connectivity index is 2.34. The number of sulfonamides is 1. The summed E-state index contributed by atoms with van der Waals surface area (Å²) in [5.41, 5.74) is 3.82. The van der Waals surface area contributed by atoms with Crippen LogP contribution in [0.4, 0.5) is 5.69 Å². The molecule has 0 saturated heterocycles. The Labute approximate surface area is 136 Å². The summed E-state index contributed by atoms with van der Waals surface area (Å²) in [7, 11) is -2.18. The van der Waals surface area contributed by atoms with Gasteiger partial charge in [0.25, 0.3) is 15.9 Å². The van der Waals surface area contributed by atoms with Crippen LogP contribution < -0.4 is 10.0 Å². The largest absolute Gasteiger partial charge is 0.355 e. The van der Waals surface area contributed by atoms with Crippen molar-refractivity contribution in [3.63, 3.8) is 0 Å². The molecule has 0 fully saturated rings. The third-order valence-electron chi connectivity index (χ3n) is 3.57. The molecule has 0 saturated carbocycles. The fraction of sp³-hybridized carbons (Fsp3) is 0.235. The minimum Gasteiger partial charge on any atom is -0.355 e. The zero-order valence-electron chi connectivity index (χ0n) is 13.6. The van der Waals surface area contributed by atoms with Crippen LogP contribution in [0.2, 0.25) is 0 Å². The maximum Gasteiger partial charge on any atom is 0.261 e.